The van der Waals surface area contributed by atoms with Crippen LogP contribution < -0.4 is 10.6 Å². The van der Waals surface area contributed by atoms with Crippen molar-refractivity contribution in [3.8, 4) is 44.5 Å². The molecule has 10 aromatic rings. The number of para-hydroxylation sites is 2. The second-order valence-corrected chi connectivity index (χ2v) is 21.3. The molecule has 0 amide bonds. The Labute approximate surface area is 444 Å². The van der Waals surface area contributed by atoms with Gasteiger partial charge in [0.15, 0.2) is 0 Å². The topological polar surface area (TPSA) is 29.3 Å². The van der Waals surface area contributed by atoms with E-state index in [1.807, 2.05) is 0 Å². The second-order valence-electron chi connectivity index (χ2n) is 21.3. The minimum atomic E-state index is -0.828. The van der Waals surface area contributed by atoms with Gasteiger partial charge in [0.2, 0.25) is 0 Å². The molecule has 2 nitrogen and oxygen atoms in total. The van der Waals surface area contributed by atoms with E-state index in [0.29, 0.717) is 0 Å². The zero-order chi connectivity index (χ0) is 50.2. The molecule has 0 saturated carbocycles. The molecular weight excluding hydrogens is 917 g/mol. The summed E-state index contributed by atoms with van der Waals surface area (Å²) in [6.45, 7) is 0. The third kappa shape index (κ3) is 5.58. The highest BCUT2D eigenvalue weighted by Crippen LogP contribution is 2.65. The van der Waals surface area contributed by atoms with Crippen LogP contribution in [0.25, 0.3) is 44.5 Å². The third-order valence-corrected chi connectivity index (χ3v) is 17.8. The summed E-state index contributed by atoms with van der Waals surface area (Å²) in [4.78, 5) is 2.51. The van der Waals surface area contributed by atoms with Gasteiger partial charge in [-0.2, -0.15) is 0 Å². The van der Waals surface area contributed by atoms with Gasteiger partial charge in [-0.05, 0) is 148 Å². The minimum absolute atomic E-state index is 0.437. The summed E-state index contributed by atoms with van der Waals surface area (Å²) in [5.74, 6) is 0. The molecule has 2 N–H and O–H groups in total. The zero-order valence-corrected chi connectivity index (χ0v) is 41.7. The molecule has 2 heteroatoms. The number of hydrogen-bond acceptors (Lipinski definition) is 2. The molecule has 0 heterocycles. The monoisotopic (exact) mass is 966 g/mol. The predicted molar refractivity (Wildman–Crippen MR) is 312 cm³/mol. The van der Waals surface area contributed by atoms with Crippen LogP contribution in [-0.2, 0) is 21.9 Å². The normalized spacial score (nSPS) is 19.4. The van der Waals surface area contributed by atoms with Gasteiger partial charge in [-0.25, -0.2) is 0 Å². The summed E-state index contributed by atoms with van der Waals surface area (Å²) in [5.41, 5.74) is 32.7. The van der Waals surface area contributed by atoms with E-state index >= 15 is 0 Å². The van der Waals surface area contributed by atoms with E-state index in [9.17, 15) is 0 Å². The molecule has 0 fully saturated rings. The van der Waals surface area contributed by atoms with Crippen molar-refractivity contribution in [3.63, 3.8) is 0 Å². The molecule has 10 aromatic carbocycles. The number of anilines is 2. The van der Waals surface area contributed by atoms with Crippen LogP contribution >= 0.6 is 0 Å². The third-order valence-electron chi connectivity index (χ3n) is 17.8. The van der Waals surface area contributed by atoms with Gasteiger partial charge in [-0.1, -0.05) is 255 Å². The molecule has 356 valence electrons. The Kier molecular flexibility index (Phi) is 8.98. The number of benzene rings is 10. The van der Waals surface area contributed by atoms with Crippen molar-refractivity contribution in [2.75, 3.05) is 4.90 Å². The molecule has 0 atom stereocenters. The van der Waals surface area contributed by atoms with E-state index in [2.05, 4.69) is 296 Å². The molecule has 0 saturated heterocycles. The van der Waals surface area contributed by atoms with Crippen molar-refractivity contribution < 1.29 is 0 Å². The molecule has 0 radical (unpaired) electrons. The Morgan fingerprint density at radius 3 is 0.921 bits per heavy atom. The van der Waals surface area contributed by atoms with E-state index in [4.69, 9.17) is 5.73 Å². The Balaban J connectivity index is 0.832. The lowest BCUT2D eigenvalue weighted by Crippen LogP contribution is -2.41. The highest BCUT2D eigenvalue weighted by Gasteiger charge is 2.54. The largest absolute Gasteiger partial charge is 0.324 e. The summed E-state index contributed by atoms with van der Waals surface area (Å²) >= 11 is 0. The first-order chi connectivity index (χ1) is 37.5. The van der Waals surface area contributed by atoms with Crippen molar-refractivity contribution in [1.82, 2.24) is 0 Å². The first-order valence-electron chi connectivity index (χ1n) is 26.6. The lowest BCUT2D eigenvalue weighted by atomic mass is 9.69. The van der Waals surface area contributed by atoms with E-state index in [-0.39, 0.29) is 0 Å². The van der Waals surface area contributed by atoms with Crippen molar-refractivity contribution in [2.24, 2.45) is 5.73 Å². The quantitative estimate of drug-likeness (QED) is 0.186. The summed E-state index contributed by atoms with van der Waals surface area (Å²) in [6.07, 6.45) is 18.3. The standard InChI is InChI=1S/C74H50N2/c75-71(51-35-37-61-59-27-11-17-33-67(59)73(69(61)47-51)63-29-13-7-23-55(63)56-24-8-14-30-64(56)73)43-39-49(40-44-71)50-41-45-72(46-42-50,76(53-19-3-1-4-20-53)54-21-5-2-6-22-54)52-36-38-62-60-28-12-18-34-68(60)74(70(62)48-52)65-31-15-9-25-57(65)58-26-10-16-32-66(58)74/h1-48H,75H2. The fourth-order valence-electron chi connectivity index (χ4n) is 14.6. The molecule has 0 aromatic heterocycles. The van der Waals surface area contributed by atoms with E-state index in [0.717, 1.165) is 28.1 Å². The van der Waals surface area contributed by atoms with E-state index in [1.54, 1.807) is 0 Å². The fraction of sp³-hybridized carbons (Fsp3) is 0.0541. The van der Waals surface area contributed by atoms with Gasteiger partial charge < -0.3 is 10.6 Å². The maximum atomic E-state index is 7.58. The van der Waals surface area contributed by atoms with Crippen molar-refractivity contribution in [2.45, 2.75) is 21.9 Å². The van der Waals surface area contributed by atoms with Crippen LogP contribution in [0.5, 0.6) is 0 Å². The minimum Gasteiger partial charge on any atom is -0.324 e. The first-order valence-corrected chi connectivity index (χ1v) is 26.6. The predicted octanol–water partition coefficient (Wildman–Crippen LogP) is 16.8. The van der Waals surface area contributed by atoms with Crippen LogP contribution in [0.15, 0.2) is 302 Å². The Morgan fingerprint density at radius 1 is 0.263 bits per heavy atom. The SMILES string of the molecule is NC1(c2ccc3c(c2)C2(c4ccccc4-c4ccccc42)c2ccccc2-3)C=CC(=C2C=CC(c3ccc4c(c3)C3(c5ccccc5-c5ccccc53)c3ccccc3-4)(N(c3ccccc3)c3ccccc3)C=C2)C=C1. The fourth-order valence-corrected chi connectivity index (χ4v) is 14.6. The maximum Gasteiger partial charge on any atom is 0.108 e. The van der Waals surface area contributed by atoms with Gasteiger partial charge in [-0.3, -0.25) is 0 Å². The van der Waals surface area contributed by atoms with Crippen LogP contribution in [0.3, 0.4) is 0 Å². The number of hydrogen-bond donors (Lipinski definition) is 1. The molecule has 0 unspecified atom stereocenters. The van der Waals surface area contributed by atoms with Crippen molar-refractivity contribution >= 4 is 11.4 Å². The first kappa shape index (κ1) is 43.1. The van der Waals surface area contributed by atoms with Crippen LogP contribution in [-0.4, -0.2) is 0 Å². The van der Waals surface area contributed by atoms with Crippen molar-refractivity contribution in [1.29, 1.82) is 0 Å². The molecule has 0 bridgehead atoms. The van der Waals surface area contributed by atoms with Gasteiger partial charge in [-0.15, -0.1) is 0 Å². The number of nitrogens with zero attached hydrogens (tertiary/aromatic N) is 1. The Morgan fingerprint density at radius 2 is 0.553 bits per heavy atom. The average molecular weight is 967 g/mol. The lowest BCUT2D eigenvalue weighted by molar-refractivity contribution is 0.670. The molecule has 2 spiro atoms. The second kappa shape index (κ2) is 15.8. The Bertz CT molecular complexity index is 4060. The summed E-state index contributed by atoms with van der Waals surface area (Å²) in [7, 11) is 0. The lowest BCUT2D eigenvalue weighted by Gasteiger charge is -2.44. The van der Waals surface area contributed by atoms with Crippen LogP contribution in [0.1, 0.15) is 55.6 Å². The molecule has 6 aliphatic rings. The van der Waals surface area contributed by atoms with Crippen LogP contribution in [0.2, 0.25) is 0 Å². The highest BCUT2D eigenvalue weighted by atomic mass is 15.2. The van der Waals surface area contributed by atoms with Gasteiger partial charge in [0.05, 0.1) is 16.4 Å². The van der Waals surface area contributed by atoms with Gasteiger partial charge in [0.25, 0.3) is 0 Å². The number of nitrogens with two attached hydrogens (primary N) is 1. The van der Waals surface area contributed by atoms with Crippen LogP contribution in [0, 0.1) is 0 Å². The highest BCUT2D eigenvalue weighted by molar-refractivity contribution is 5.97. The molecule has 6 aliphatic carbocycles. The summed E-state index contributed by atoms with van der Waals surface area (Å²) in [5, 5.41) is 0. The van der Waals surface area contributed by atoms with Gasteiger partial charge >= 0.3 is 0 Å². The average Bonchev–Trinajstić information content (AvgIpc) is 4.38. The number of fused-ring (bicyclic) bond motifs is 20. The maximum absolute atomic E-state index is 7.58. The van der Waals surface area contributed by atoms with Crippen molar-refractivity contribution in [3.05, 3.63) is 358 Å². The molecular formula is C74H50N2. The van der Waals surface area contributed by atoms with Gasteiger partial charge in [0.1, 0.15) is 5.54 Å². The van der Waals surface area contributed by atoms with Gasteiger partial charge in [0, 0.05) is 11.4 Å². The zero-order valence-electron chi connectivity index (χ0n) is 41.7. The summed E-state index contributed by atoms with van der Waals surface area (Å²) < 4.78 is 0. The number of allylic oxidation sites excluding steroid dienone is 6. The van der Waals surface area contributed by atoms with Crippen LogP contribution in [0.4, 0.5) is 11.4 Å². The van der Waals surface area contributed by atoms with E-state index in [1.165, 1.54) is 94.6 Å². The molecule has 16 rings (SSSR count). The smallest absolute Gasteiger partial charge is 0.108 e. The molecule has 0 aliphatic heterocycles. The van der Waals surface area contributed by atoms with E-state index < -0.39 is 21.9 Å². The molecule has 76 heavy (non-hydrogen) atoms. The summed E-state index contributed by atoms with van der Waals surface area (Å²) in [6, 6.07) is 90.1. The number of rotatable bonds is 5. The Hall–Kier alpha value is -9.34.